The van der Waals surface area contributed by atoms with Gasteiger partial charge in [-0.1, -0.05) is 30.3 Å². The summed E-state index contributed by atoms with van der Waals surface area (Å²) in [5, 5.41) is 10.9. The quantitative estimate of drug-likeness (QED) is 0.744. The largest absolute Gasteiger partial charge is 0.328 e. The Morgan fingerprint density at radius 1 is 1.33 bits per heavy atom. The highest BCUT2D eigenvalue weighted by Crippen LogP contribution is 2.39. The van der Waals surface area contributed by atoms with Crippen LogP contribution in [0.4, 0.5) is 5.69 Å². The van der Waals surface area contributed by atoms with Crippen LogP contribution in [0.1, 0.15) is 22.4 Å². The third-order valence-electron chi connectivity index (χ3n) is 3.85. The number of fused-ring (bicyclic) bond motifs is 1. The maximum atomic E-state index is 9.48. The molecular weight excluding hydrogens is 340 g/mol. The van der Waals surface area contributed by atoms with E-state index in [9.17, 15) is 5.26 Å². The molecule has 1 aliphatic heterocycles. The molecule has 1 aliphatic rings. The molecule has 0 aliphatic carbocycles. The van der Waals surface area contributed by atoms with Crippen LogP contribution in [-0.2, 0) is 6.54 Å². The molecule has 0 saturated carbocycles. The van der Waals surface area contributed by atoms with Crippen molar-refractivity contribution in [1.29, 1.82) is 5.26 Å². The number of aryl methyl sites for hydroxylation is 1. The van der Waals surface area contributed by atoms with E-state index in [1.807, 2.05) is 42.3 Å². The standard InChI is InChI=1S/C18H15ClN4S/c1-11-16-12(2)23(9-13-4-6-14(19)7-5-13)10-21-17(16)15(8-20)18(22-11)24-3/h4-7,10H,2,9H2,1,3H3. The zero-order chi connectivity index (χ0) is 17.3. The number of pyridine rings is 1. The van der Waals surface area contributed by atoms with Gasteiger partial charge in [0, 0.05) is 22.8 Å². The van der Waals surface area contributed by atoms with E-state index in [2.05, 4.69) is 22.6 Å². The molecule has 0 atom stereocenters. The van der Waals surface area contributed by atoms with Gasteiger partial charge >= 0.3 is 0 Å². The normalized spacial score (nSPS) is 12.9. The monoisotopic (exact) mass is 354 g/mol. The van der Waals surface area contributed by atoms with E-state index in [4.69, 9.17) is 11.6 Å². The van der Waals surface area contributed by atoms with Gasteiger partial charge in [-0.2, -0.15) is 5.26 Å². The van der Waals surface area contributed by atoms with Crippen LogP contribution in [0, 0.1) is 18.3 Å². The topological polar surface area (TPSA) is 52.3 Å². The highest BCUT2D eigenvalue weighted by atomic mass is 35.5. The number of hydrogen-bond donors (Lipinski definition) is 0. The first-order valence-electron chi connectivity index (χ1n) is 7.28. The van der Waals surface area contributed by atoms with E-state index in [0.717, 1.165) is 22.5 Å². The van der Waals surface area contributed by atoms with Crippen LogP contribution in [0.5, 0.6) is 0 Å². The van der Waals surface area contributed by atoms with Crippen molar-refractivity contribution in [1.82, 2.24) is 9.88 Å². The van der Waals surface area contributed by atoms with Crippen LogP contribution in [0.25, 0.3) is 5.70 Å². The first kappa shape index (κ1) is 16.6. The zero-order valence-electron chi connectivity index (χ0n) is 13.4. The molecule has 6 heteroatoms. The highest BCUT2D eigenvalue weighted by Gasteiger charge is 2.24. The lowest BCUT2D eigenvalue weighted by Gasteiger charge is -2.28. The first-order chi connectivity index (χ1) is 11.5. The minimum absolute atomic E-state index is 0.506. The summed E-state index contributed by atoms with van der Waals surface area (Å²) in [5.41, 5.74) is 4.72. The lowest BCUT2D eigenvalue weighted by atomic mass is 10.0. The molecule has 2 heterocycles. The number of rotatable bonds is 3. The Morgan fingerprint density at radius 2 is 2.04 bits per heavy atom. The Bertz CT molecular complexity index is 881. The molecule has 0 N–H and O–H groups in total. The van der Waals surface area contributed by atoms with Gasteiger partial charge in [0.05, 0.1) is 17.7 Å². The van der Waals surface area contributed by atoms with Crippen molar-refractivity contribution in [3.8, 4) is 6.07 Å². The Balaban J connectivity index is 2.00. The van der Waals surface area contributed by atoms with E-state index < -0.39 is 0 Å². The molecule has 1 aromatic carbocycles. The highest BCUT2D eigenvalue weighted by molar-refractivity contribution is 7.98. The summed E-state index contributed by atoms with van der Waals surface area (Å²) in [4.78, 5) is 11.0. The lowest BCUT2D eigenvalue weighted by Crippen LogP contribution is -2.23. The fourth-order valence-electron chi connectivity index (χ4n) is 2.65. The van der Waals surface area contributed by atoms with Gasteiger partial charge in [-0.25, -0.2) is 9.98 Å². The number of halogens is 1. The maximum Gasteiger partial charge on any atom is 0.116 e. The molecule has 0 fully saturated rings. The van der Waals surface area contributed by atoms with Crippen molar-refractivity contribution < 1.29 is 0 Å². The van der Waals surface area contributed by atoms with Gasteiger partial charge in [-0.3, -0.25) is 0 Å². The molecule has 120 valence electrons. The molecule has 2 aromatic rings. The molecular formula is C18H15ClN4S. The fourth-order valence-corrected chi connectivity index (χ4v) is 3.35. The second kappa shape index (κ2) is 6.68. The van der Waals surface area contributed by atoms with Crippen LogP contribution >= 0.6 is 23.4 Å². The van der Waals surface area contributed by atoms with Crippen molar-refractivity contribution in [3.63, 3.8) is 0 Å². The van der Waals surface area contributed by atoms with Crippen molar-refractivity contribution in [2.75, 3.05) is 6.26 Å². The molecule has 3 rings (SSSR count). The summed E-state index contributed by atoms with van der Waals surface area (Å²) in [6.45, 7) is 6.75. The third kappa shape index (κ3) is 2.91. The Labute approximate surface area is 150 Å². The Hall–Kier alpha value is -2.29. The van der Waals surface area contributed by atoms with Crippen molar-refractivity contribution in [3.05, 3.63) is 58.3 Å². The lowest BCUT2D eigenvalue weighted by molar-refractivity contribution is 0.589. The van der Waals surface area contributed by atoms with Crippen LogP contribution in [0.3, 0.4) is 0 Å². The number of aliphatic imine (C=N–C) groups is 1. The molecule has 0 saturated heterocycles. The molecule has 24 heavy (non-hydrogen) atoms. The molecule has 4 nitrogen and oxygen atoms in total. The predicted octanol–water partition coefficient (Wildman–Crippen LogP) is 4.78. The minimum Gasteiger partial charge on any atom is -0.328 e. The number of hydrogen-bond acceptors (Lipinski definition) is 5. The molecule has 0 bridgehead atoms. The van der Waals surface area contributed by atoms with Crippen LogP contribution in [-0.4, -0.2) is 22.5 Å². The van der Waals surface area contributed by atoms with Crippen LogP contribution in [0.2, 0.25) is 5.02 Å². The number of nitrogens with zero attached hydrogens (tertiary/aromatic N) is 4. The predicted molar refractivity (Wildman–Crippen MR) is 99.7 cm³/mol. The Morgan fingerprint density at radius 3 is 2.67 bits per heavy atom. The van der Waals surface area contributed by atoms with Crippen molar-refractivity contribution in [2.45, 2.75) is 18.5 Å². The van der Waals surface area contributed by atoms with E-state index in [-0.39, 0.29) is 0 Å². The maximum absolute atomic E-state index is 9.48. The molecule has 0 radical (unpaired) electrons. The summed E-state index contributed by atoms with van der Waals surface area (Å²) in [5.74, 6) is 0. The number of benzene rings is 1. The zero-order valence-corrected chi connectivity index (χ0v) is 14.9. The second-order valence-corrected chi connectivity index (χ2v) is 6.59. The summed E-state index contributed by atoms with van der Waals surface area (Å²) < 4.78 is 0. The SMILES string of the molecule is C=C1c2c(C)nc(SC)c(C#N)c2N=CN1Cc1ccc(Cl)cc1. The molecule has 0 spiro atoms. The van der Waals surface area contributed by atoms with Gasteiger partial charge in [-0.05, 0) is 30.9 Å². The van der Waals surface area contributed by atoms with Gasteiger partial charge in [0.25, 0.3) is 0 Å². The van der Waals surface area contributed by atoms with Gasteiger partial charge < -0.3 is 4.90 Å². The van der Waals surface area contributed by atoms with E-state index in [0.29, 0.717) is 27.8 Å². The van der Waals surface area contributed by atoms with Gasteiger partial charge in [0.1, 0.15) is 16.7 Å². The number of aromatic nitrogens is 1. The smallest absolute Gasteiger partial charge is 0.116 e. The van der Waals surface area contributed by atoms with Crippen LogP contribution < -0.4 is 0 Å². The van der Waals surface area contributed by atoms with Gasteiger partial charge in [0.2, 0.25) is 0 Å². The average Bonchev–Trinajstić information content (AvgIpc) is 2.58. The molecule has 1 aromatic heterocycles. The van der Waals surface area contributed by atoms with Gasteiger partial charge in [-0.15, -0.1) is 11.8 Å². The summed E-state index contributed by atoms with van der Waals surface area (Å²) >= 11 is 7.38. The number of thioether (sulfide) groups is 1. The number of nitriles is 1. The third-order valence-corrected chi connectivity index (χ3v) is 4.79. The Kier molecular flexibility index (Phi) is 4.61. The van der Waals surface area contributed by atoms with E-state index >= 15 is 0 Å². The van der Waals surface area contributed by atoms with Gasteiger partial charge in [0.15, 0.2) is 0 Å². The average molecular weight is 355 g/mol. The summed E-state index contributed by atoms with van der Waals surface area (Å²) in [6, 6.07) is 9.89. The summed E-state index contributed by atoms with van der Waals surface area (Å²) in [6.07, 6.45) is 3.63. The first-order valence-corrected chi connectivity index (χ1v) is 8.88. The molecule has 0 amide bonds. The van der Waals surface area contributed by atoms with Crippen LogP contribution in [0.15, 0.2) is 40.9 Å². The summed E-state index contributed by atoms with van der Waals surface area (Å²) in [7, 11) is 0. The van der Waals surface area contributed by atoms with Crippen molar-refractivity contribution in [2.24, 2.45) is 4.99 Å². The van der Waals surface area contributed by atoms with E-state index in [1.54, 1.807) is 6.34 Å². The van der Waals surface area contributed by atoms with E-state index in [1.165, 1.54) is 11.8 Å². The minimum atomic E-state index is 0.506. The van der Waals surface area contributed by atoms with Crippen molar-refractivity contribution >= 4 is 41.1 Å². The fraction of sp³-hybridized carbons (Fsp3) is 0.167. The molecule has 0 unspecified atom stereocenters. The second-order valence-electron chi connectivity index (χ2n) is 5.36.